The first-order valence-electron chi connectivity index (χ1n) is 27.5. The monoisotopic (exact) mass is 958 g/mol. The van der Waals surface area contributed by atoms with Crippen LogP contribution in [0.3, 0.4) is 0 Å². The van der Waals surface area contributed by atoms with Gasteiger partial charge in [-0.05, 0) is 64.2 Å². The lowest BCUT2D eigenvalue weighted by Crippen LogP contribution is -2.45. The minimum atomic E-state index is -4.32. The Bertz CT molecular complexity index is 1360. The first kappa shape index (κ1) is 64.7. The van der Waals surface area contributed by atoms with Crippen LogP contribution in [0, 0.1) is 0 Å². The van der Waals surface area contributed by atoms with Gasteiger partial charge in [-0.3, -0.25) is 13.8 Å². The van der Waals surface area contributed by atoms with Gasteiger partial charge in [0.2, 0.25) is 5.91 Å². The molecule has 9 heteroatoms. The van der Waals surface area contributed by atoms with Crippen LogP contribution in [0.1, 0.15) is 226 Å². The Hall–Kier alpha value is -2.32. The van der Waals surface area contributed by atoms with Crippen LogP contribution in [0.15, 0.2) is 85.1 Å². The molecule has 0 aliphatic heterocycles. The molecule has 67 heavy (non-hydrogen) atoms. The van der Waals surface area contributed by atoms with Gasteiger partial charge in [-0.1, -0.05) is 240 Å². The number of rotatable bonds is 49. The summed E-state index contributed by atoms with van der Waals surface area (Å²) in [6, 6.07) is -0.843. The maximum atomic E-state index is 12.8. The Morgan fingerprint density at radius 2 is 0.896 bits per heavy atom. The topological polar surface area (TPSA) is 105 Å². The van der Waals surface area contributed by atoms with Gasteiger partial charge in [0.1, 0.15) is 13.2 Å². The number of aliphatic hydroxyl groups is 1. The average molecular weight is 958 g/mol. The summed E-state index contributed by atoms with van der Waals surface area (Å²) in [5.41, 5.74) is 0. The largest absolute Gasteiger partial charge is 0.472 e. The predicted octanol–water partition coefficient (Wildman–Crippen LogP) is 16.5. The van der Waals surface area contributed by atoms with Crippen LogP contribution < -0.4 is 5.32 Å². The van der Waals surface area contributed by atoms with E-state index in [4.69, 9.17) is 9.05 Å². The molecular weight excluding hydrogens is 852 g/mol. The number of hydrogen-bond donors (Lipinski definition) is 3. The molecule has 0 aliphatic rings. The summed E-state index contributed by atoms with van der Waals surface area (Å²) in [5.74, 6) is -0.186. The molecule has 0 fully saturated rings. The number of amides is 1. The number of unbranched alkanes of at least 4 members (excludes halogenated alkanes) is 24. The van der Waals surface area contributed by atoms with E-state index in [0.717, 1.165) is 77.0 Å². The van der Waals surface area contributed by atoms with Crippen LogP contribution in [-0.2, 0) is 18.4 Å². The van der Waals surface area contributed by atoms with Crippen LogP contribution in [0.25, 0.3) is 0 Å². The first-order chi connectivity index (χ1) is 32.5. The van der Waals surface area contributed by atoms with Gasteiger partial charge in [0.25, 0.3) is 0 Å². The molecule has 0 saturated heterocycles. The van der Waals surface area contributed by atoms with Gasteiger partial charge < -0.3 is 19.8 Å². The molecule has 0 aliphatic carbocycles. The summed E-state index contributed by atoms with van der Waals surface area (Å²) in [6.07, 6.45) is 69.2. The van der Waals surface area contributed by atoms with Gasteiger partial charge in [0, 0.05) is 6.42 Å². The van der Waals surface area contributed by atoms with Crippen molar-refractivity contribution in [1.29, 1.82) is 0 Å². The second-order valence-corrected chi connectivity index (χ2v) is 21.0. The second kappa shape index (κ2) is 48.7. The Balaban J connectivity index is 3.68. The summed E-state index contributed by atoms with van der Waals surface area (Å²) in [5, 5.41) is 13.6. The predicted molar refractivity (Wildman–Crippen MR) is 290 cm³/mol. The molecule has 0 radical (unpaired) electrons. The fraction of sp³-hybridized carbons (Fsp3) is 0.741. The number of quaternary nitrogens is 1. The molecule has 8 nitrogen and oxygen atoms in total. The van der Waals surface area contributed by atoms with Gasteiger partial charge in [-0.15, -0.1) is 0 Å². The Morgan fingerprint density at radius 3 is 1.30 bits per heavy atom. The van der Waals surface area contributed by atoms with Crippen molar-refractivity contribution in [3.8, 4) is 0 Å². The Kier molecular flexibility index (Phi) is 47.0. The minimum Gasteiger partial charge on any atom is -0.387 e. The van der Waals surface area contributed by atoms with Gasteiger partial charge in [-0.2, -0.15) is 0 Å². The molecule has 0 aromatic carbocycles. The molecular formula is C58H106N2O6P+. The third kappa shape index (κ3) is 51.4. The lowest BCUT2D eigenvalue weighted by Gasteiger charge is -2.25. The van der Waals surface area contributed by atoms with Crippen LogP contribution in [-0.4, -0.2) is 73.4 Å². The average Bonchev–Trinajstić information content (AvgIpc) is 3.29. The first-order valence-corrected chi connectivity index (χ1v) is 29.0. The van der Waals surface area contributed by atoms with E-state index in [9.17, 15) is 19.4 Å². The van der Waals surface area contributed by atoms with E-state index in [1.165, 1.54) is 128 Å². The Labute approximate surface area is 414 Å². The van der Waals surface area contributed by atoms with E-state index >= 15 is 0 Å². The number of carbonyl (C=O) groups is 1. The van der Waals surface area contributed by atoms with Crippen molar-refractivity contribution in [3.63, 3.8) is 0 Å². The Morgan fingerprint density at radius 1 is 0.522 bits per heavy atom. The number of hydrogen-bond acceptors (Lipinski definition) is 5. The number of carbonyl (C=O) groups excluding carboxylic acids is 1. The number of likely N-dealkylation sites (N-methyl/N-ethyl adjacent to an activating group) is 1. The smallest absolute Gasteiger partial charge is 0.387 e. The van der Waals surface area contributed by atoms with Crippen LogP contribution >= 0.6 is 7.82 Å². The molecule has 388 valence electrons. The summed E-state index contributed by atoms with van der Waals surface area (Å²) in [7, 11) is 1.56. The number of nitrogens with zero attached hydrogens (tertiary/aromatic N) is 1. The van der Waals surface area contributed by atoms with Crippen molar-refractivity contribution < 1.29 is 32.9 Å². The van der Waals surface area contributed by atoms with Crippen molar-refractivity contribution >= 4 is 13.7 Å². The fourth-order valence-corrected chi connectivity index (χ4v) is 8.30. The lowest BCUT2D eigenvalue weighted by molar-refractivity contribution is -0.870. The molecule has 0 spiro atoms. The maximum Gasteiger partial charge on any atom is 0.472 e. The van der Waals surface area contributed by atoms with E-state index < -0.39 is 20.0 Å². The number of allylic oxidation sites excluding steroid dienone is 13. The van der Waals surface area contributed by atoms with Crippen LogP contribution in [0.2, 0.25) is 0 Å². The van der Waals surface area contributed by atoms with E-state index in [-0.39, 0.29) is 19.1 Å². The molecule has 0 heterocycles. The fourth-order valence-electron chi connectivity index (χ4n) is 7.56. The lowest BCUT2D eigenvalue weighted by atomic mass is 10.0. The third-order valence-corrected chi connectivity index (χ3v) is 12.9. The van der Waals surface area contributed by atoms with E-state index in [1.54, 1.807) is 6.08 Å². The number of nitrogens with one attached hydrogen (secondary N) is 1. The summed E-state index contributed by atoms with van der Waals surface area (Å²) in [4.78, 5) is 22.9. The van der Waals surface area contributed by atoms with E-state index in [1.807, 2.05) is 27.2 Å². The van der Waals surface area contributed by atoms with E-state index in [2.05, 4.69) is 92.1 Å². The van der Waals surface area contributed by atoms with Crippen molar-refractivity contribution in [1.82, 2.24) is 5.32 Å². The summed E-state index contributed by atoms with van der Waals surface area (Å²) < 4.78 is 23.3. The minimum absolute atomic E-state index is 0.0593. The zero-order chi connectivity index (χ0) is 49.2. The number of aliphatic hydroxyl groups excluding tert-OH is 1. The molecule has 0 rings (SSSR count). The number of phosphoric ester groups is 1. The summed E-state index contributed by atoms with van der Waals surface area (Å²) >= 11 is 0. The molecule has 0 aromatic rings. The molecule has 3 unspecified atom stereocenters. The quantitative estimate of drug-likeness (QED) is 0.0243. The SMILES string of the molecule is CC/C=C\C/C=C\C/C=C\C/C=C\C/C=C\C/C=C\CCCCCCCCCCCCCCCCCCCCCCCCC(=O)NC(COP(=O)(O)OCC[N+](C)(C)C)C(O)/C=C/CCCC. The molecule has 0 saturated carbocycles. The highest BCUT2D eigenvalue weighted by molar-refractivity contribution is 7.47. The van der Waals surface area contributed by atoms with Crippen LogP contribution in [0.5, 0.6) is 0 Å². The van der Waals surface area contributed by atoms with Crippen molar-refractivity contribution in [2.75, 3.05) is 40.9 Å². The number of phosphoric acid groups is 1. The zero-order valence-corrected chi connectivity index (χ0v) is 45.0. The van der Waals surface area contributed by atoms with Crippen molar-refractivity contribution in [2.24, 2.45) is 0 Å². The van der Waals surface area contributed by atoms with Gasteiger partial charge >= 0.3 is 7.82 Å². The maximum absolute atomic E-state index is 12.8. The van der Waals surface area contributed by atoms with Crippen LogP contribution in [0.4, 0.5) is 0 Å². The summed E-state index contributed by atoms with van der Waals surface area (Å²) in [6.45, 7) is 4.54. The van der Waals surface area contributed by atoms with Crippen molar-refractivity contribution in [3.05, 3.63) is 85.1 Å². The van der Waals surface area contributed by atoms with Gasteiger partial charge in [0.15, 0.2) is 0 Å². The second-order valence-electron chi connectivity index (χ2n) is 19.6. The molecule has 3 atom stereocenters. The molecule has 0 bridgehead atoms. The normalized spacial score (nSPS) is 14.7. The van der Waals surface area contributed by atoms with Gasteiger partial charge in [0.05, 0.1) is 39.9 Å². The molecule has 1 amide bonds. The van der Waals surface area contributed by atoms with Gasteiger partial charge in [-0.25, -0.2) is 4.57 Å². The molecule has 0 aromatic heterocycles. The molecule has 3 N–H and O–H groups in total. The highest BCUT2D eigenvalue weighted by Crippen LogP contribution is 2.43. The third-order valence-electron chi connectivity index (χ3n) is 11.9. The zero-order valence-electron chi connectivity index (χ0n) is 44.1. The highest BCUT2D eigenvalue weighted by atomic mass is 31.2. The highest BCUT2D eigenvalue weighted by Gasteiger charge is 2.27. The standard InChI is InChI=1S/C58H105N2O6P/c1-6-8-10-12-13-14-15-16-17-18-19-20-21-22-23-24-25-26-27-28-29-30-31-32-33-34-35-36-37-38-39-40-41-42-43-44-45-46-47-48-50-52-58(62)59-56(57(61)51-49-11-9-7-2)55-66-67(63,64)65-54-53-60(3,4)5/h8,10,13-14,16-17,19-20,22-23,25-26,49,51,56-57,61H,6-7,9,11-12,15,18,21,24,27-48,50,52-55H2,1-5H3,(H-,59,62,63,64)/p+1/b10-8-,14-13-,17-16-,20-19-,23-22-,26-25-,51-49+. The van der Waals surface area contributed by atoms with Crippen molar-refractivity contribution in [2.45, 2.75) is 238 Å². The van der Waals surface area contributed by atoms with E-state index in [0.29, 0.717) is 17.4 Å².